The normalized spacial score (nSPS) is 28.3. The maximum absolute atomic E-state index is 13.1. The number of rotatable bonds is 4. The van der Waals surface area contributed by atoms with Crippen LogP contribution < -0.4 is 10.6 Å². The number of carbonyl (C=O) groups excluding carboxylic acids is 1. The highest BCUT2D eigenvalue weighted by Crippen LogP contribution is 2.63. The molecule has 3 nitrogen and oxygen atoms in total. The standard InChI is InChI=1S/C29H30N2O/c1-18(19-8-4-2-5-9-19)30-29(32)23-14-15-25-24(17-23)26-21-12-13-22(16-21)27(26)28(31-25)20-10-6-3-7-11-20/h2-11,14-15,17-18,21-22,26-28,31H,12-13,16H2,1H3,(H,30,32). The fourth-order valence-corrected chi connectivity index (χ4v) is 6.72. The quantitative estimate of drug-likeness (QED) is 0.506. The molecule has 32 heavy (non-hydrogen) atoms. The van der Waals surface area contributed by atoms with E-state index in [1.54, 1.807) is 0 Å². The lowest BCUT2D eigenvalue weighted by atomic mass is 9.68. The Morgan fingerprint density at radius 1 is 0.938 bits per heavy atom. The van der Waals surface area contributed by atoms with Crippen LogP contribution in [0.4, 0.5) is 5.69 Å². The number of benzene rings is 3. The lowest BCUT2D eigenvalue weighted by molar-refractivity contribution is 0.0939. The van der Waals surface area contributed by atoms with Crippen LogP contribution in [0.15, 0.2) is 78.9 Å². The van der Waals surface area contributed by atoms with Gasteiger partial charge in [0.15, 0.2) is 0 Å². The smallest absolute Gasteiger partial charge is 0.251 e. The van der Waals surface area contributed by atoms with E-state index in [1.165, 1.54) is 36.1 Å². The van der Waals surface area contributed by atoms with E-state index in [1.807, 2.05) is 31.2 Å². The molecule has 0 aromatic heterocycles. The van der Waals surface area contributed by atoms with Crippen molar-refractivity contribution in [2.45, 2.75) is 44.2 Å². The lowest BCUT2D eigenvalue weighted by Gasteiger charge is -2.43. The topological polar surface area (TPSA) is 41.1 Å². The van der Waals surface area contributed by atoms with Gasteiger partial charge in [0.25, 0.3) is 5.91 Å². The van der Waals surface area contributed by atoms with Gasteiger partial charge in [0.2, 0.25) is 0 Å². The summed E-state index contributed by atoms with van der Waals surface area (Å²) in [6, 6.07) is 27.7. The van der Waals surface area contributed by atoms with E-state index in [0.717, 1.165) is 23.0 Å². The summed E-state index contributed by atoms with van der Waals surface area (Å²) in [4.78, 5) is 13.1. The number of nitrogens with one attached hydrogen (secondary N) is 2. The van der Waals surface area contributed by atoms with Gasteiger partial charge in [0.05, 0.1) is 12.1 Å². The first kappa shape index (κ1) is 19.6. The van der Waals surface area contributed by atoms with Gasteiger partial charge in [-0.3, -0.25) is 4.79 Å². The third kappa shape index (κ3) is 3.23. The van der Waals surface area contributed by atoms with Crippen LogP contribution in [0.5, 0.6) is 0 Å². The Balaban J connectivity index is 1.31. The van der Waals surface area contributed by atoms with Crippen molar-refractivity contribution in [2.75, 3.05) is 5.32 Å². The van der Waals surface area contributed by atoms with Crippen LogP contribution >= 0.6 is 0 Å². The number of fused-ring (bicyclic) bond motifs is 7. The second-order valence-corrected chi connectivity index (χ2v) is 9.88. The van der Waals surface area contributed by atoms with Crippen molar-refractivity contribution < 1.29 is 4.79 Å². The van der Waals surface area contributed by atoms with Crippen LogP contribution in [0.1, 0.15) is 71.2 Å². The molecule has 0 spiro atoms. The van der Waals surface area contributed by atoms with E-state index in [-0.39, 0.29) is 11.9 Å². The maximum Gasteiger partial charge on any atom is 0.251 e. The fraction of sp³-hybridized carbons (Fsp3) is 0.345. The van der Waals surface area contributed by atoms with Crippen LogP contribution in [0.3, 0.4) is 0 Å². The average Bonchev–Trinajstić information content (AvgIpc) is 3.47. The number of hydrogen-bond acceptors (Lipinski definition) is 2. The molecule has 2 saturated carbocycles. The summed E-state index contributed by atoms with van der Waals surface area (Å²) in [5, 5.41) is 7.06. The van der Waals surface area contributed by atoms with Crippen molar-refractivity contribution in [1.29, 1.82) is 0 Å². The Labute approximate surface area is 190 Å². The van der Waals surface area contributed by atoms with Gasteiger partial charge in [0, 0.05) is 11.3 Å². The molecule has 2 aliphatic carbocycles. The molecular weight excluding hydrogens is 392 g/mol. The number of anilines is 1. The van der Waals surface area contributed by atoms with Crippen molar-refractivity contribution in [1.82, 2.24) is 5.32 Å². The van der Waals surface area contributed by atoms with Crippen LogP contribution in [0, 0.1) is 17.8 Å². The average molecular weight is 423 g/mol. The number of hydrogen-bond donors (Lipinski definition) is 2. The minimum atomic E-state index is -0.0180. The van der Waals surface area contributed by atoms with Crippen molar-refractivity contribution in [3.8, 4) is 0 Å². The molecule has 6 atom stereocenters. The summed E-state index contributed by atoms with van der Waals surface area (Å²) in [6.07, 6.45) is 4.01. The SMILES string of the molecule is CC(NC(=O)c1ccc2c(c1)C1C3CCC(C3)C1C(c1ccccc1)N2)c1ccccc1. The summed E-state index contributed by atoms with van der Waals surface area (Å²) >= 11 is 0. The van der Waals surface area contributed by atoms with Crippen molar-refractivity contribution in [3.05, 3.63) is 101 Å². The third-order valence-corrected chi connectivity index (χ3v) is 8.16. The Bertz CT molecular complexity index is 1130. The first-order valence-corrected chi connectivity index (χ1v) is 12.0. The van der Waals surface area contributed by atoms with Crippen molar-refractivity contribution in [2.24, 2.45) is 17.8 Å². The van der Waals surface area contributed by atoms with E-state index in [0.29, 0.717) is 17.9 Å². The molecule has 0 radical (unpaired) electrons. The van der Waals surface area contributed by atoms with Crippen LogP contribution in [0.2, 0.25) is 0 Å². The number of amides is 1. The minimum Gasteiger partial charge on any atom is -0.378 e. The third-order valence-electron chi connectivity index (χ3n) is 8.16. The largest absolute Gasteiger partial charge is 0.378 e. The second-order valence-electron chi connectivity index (χ2n) is 9.88. The van der Waals surface area contributed by atoms with Crippen LogP contribution in [-0.4, -0.2) is 5.91 Å². The van der Waals surface area contributed by atoms with E-state index in [2.05, 4.69) is 65.2 Å². The molecule has 1 heterocycles. The van der Waals surface area contributed by atoms with Crippen LogP contribution in [0.25, 0.3) is 0 Å². The summed E-state index contributed by atoms with van der Waals surface area (Å²) < 4.78 is 0. The lowest BCUT2D eigenvalue weighted by Crippen LogP contribution is -2.36. The molecule has 0 saturated heterocycles. The molecule has 3 heteroatoms. The van der Waals surface area contributed by atoms with E-state index >= 15 is 0 Å². The zero-order valence-electron chi connectivity index (χ0n) is 18.5. The monoisotopic (exact) mass is 422 g/mol. The molecule has 162 valence electrons. The van der Waals surface area contributed by atoms with Crippen LogP contribution in [-0.2, 0) is 0 Å². The predicted octanol–water partition coefficient (Wildman–Crippen LogP) is 6.47. The summed E-state index contributed by atoms with van der Waals surface area (Å²) in [7, 11) is 0. The van der Waals surface area contributed by atoms with Gasteiger partial charge in [-0.05, 0) is 84.7 Å². The Hall–Kier alpha value is -3.07. The Morgan fingerprint density at radius 2 is 1.66 bits per heavy atom. The van der Waals surface area contributed by atoms with Gasteiger partial charge in [-0.15, -0.1) is 0 Å². The molecule has 3 aliphatic rings. The van der Waals surface area contributed by atoms with Gasteiger partial charge in [-0.2, -0.15) is 0 Å². The van der Waals surface area contributed by atoms with Crippen molar-refractivity contribution in [3.63, 3.8) is 0 Å². The molecule has 3 aromatic carbocycles. The Kier molecular flexibility index (Phi) is 4.78. The molecule has 6 unspecified atom stereocenters. The summed E-state index contributed by atoms with van der Waals surface area (Å²) in [6.45, 7) is 2.05. The first-order chi connectivity index (χ1) is 15.7. The molecule has 3 aromatic rings. The molecule has 2 N–H and O–H groups in total. The molecule has 1 aliphatic heterocycles. The fourth-order valence-electron chi connectivity index (χ4n) is 6.72. The first-order valence-electron chi connectivity index (χ1n) is 12.0. The second kappa shape index (κ2) is 7.81. The highest BCUT2D eigenvalue weighted by Gasteiger charge is 2.53. The molecule has 6 rings (SSSR count). The molecule has 2 bridgehead atoms. The highest BCUT2D eigenvalue weighted by atomic mass is 16.1. The molecule has 2 fully saturated rings. The maximum atomic E-state index is 13.1. The molecule has 1 amide bonds. The van der Waals surface area contributed by atoms with E-state index in [4.69, 9.17) is 0 Å². The van der Waals surface area contributed by atoms with Gasteiger partial charge in [0.1, 0.15) is 0 Å². The van der Waals surface area contributed by atoms with E-state index in [9.17, 15) is 4.79 Å². The highest BCUT2D eigenvalue weighted by molar-refractivity contribution is 5.95. The zero-order chi connectivity index (χ0) is 21.7. The van der Waals surface area contributed by atoms with Gasteiger partial charge >= 0.3 is 0 Å². The zero-order valence-corrected chi connectivity index (χ0v) is 18.5. The molecular formula is C29H30N2O. The summed E-state index contributed by atoms with van der Waals surface area (Å²) in [5.41, 5.74) is 5.85. The number of carbonyl (C=O) groups is 1. The summed E-state index contributed by atoms with van der Waals surface area (Å²) in [5.74, 6) is 2.71. The predicted molar refractivity (Wildman–Crippen MR) is 129 cm³/mol. The minimum absolute atomic E-state index is 0.00837. The van der Waals surface area contributed by atoms with Gasteiger partial charge < -0.3 is 10.6 Å². The van der Waals surface area contributed by atoms with Crippen molar-refractivity contribution >= 4 is 11.6 Å². The van der Waals surface area contributed by atoms with Gasteiger partial charge in [-0.25, -0.2) is 0 Å². The Morgan fingerprint density at radius 3 is 2.44 bits per heavy atom. The van der Waals surface area contributed by atoms with E-state index < -0.39 is 0 Å². The van der Waals surface area contributed by atoms with Gasteiger partial charge in [-0.1, -0.05) is 60.7 Å².